The highest BCUT2D eigenvalue weighted by Gasteiger charge is 2.24. The van der Waals surface area contributed by atoms with Crippen LogP contribution in [0.4, 0.5) is 0 Å². The van der Waals surface area contributed by atoms with Gasteiger partial charge in [-0.2, -0.15) is 0 Å². The quantitative estimate of drug-likeness (QED) is 0.360. The lowest BCUT2D eigenvalue weighted by molar-refractivity contribution is 0.114. The van der Waals surface area contributed by atoms with Crippen LogP contribution in [0.2, 0.25) is 0 Å². The van der Waals surface area contributed by atoms with Crippen LogP contribution in [0, 0.1) is 11.8 Å². The summed E-state index contributed by atoms with van der Waals surface area (Å²) in [5, 5.41) is 3.58. The Labute approximate surface area is 183 Å². The van der Waals surface area contributed by atoms with Crippen molar-refractivity contribution in [3.63, 3.8) is 0 Å². The molecule has 0 aromatic heterocycles. The molecule has 2 heterocycles. The summed E-state index contributed by atoms with van der Waals surface area (Å²) in [6.07, 6.45) is 7.62. The minimum Gasteiger partial charge on any atom is -0.381 e. The molecule has 1 aromatic rings. The lowest BCUT2D eigenvalue weighted by Crippen LogP contribution is -2.41. The first-order valence-corrected chi connectivity index (χ1v) is 12.1. The molecule has 0 aliphatic carbocycles. The fraction of sp³-hybridized carbons (Fsp3) is 0.720. The zero-order chi connectivity index (χ0) is 21.0. The van der Waals surface area contributed by atoms with E-state index in [4.69, 9.17) is 4.74 Å². The Morgan fingerprint density at radius 1 is 1.07 bits per heavy atom. The van der Waals surface area contributed by atoms with Gasteiger partial charge in [-0.3, -0.25) is 4.99 Å². The number of nitrogens with one attached hydrogen (secondary N) is 1. The molecule has 1 atom stereocenters. The van der Waals surface area contributed by atoms with Crippen molar-refractivity contribution in [3.8, 4) is 0 Å². The van der Waals surface area contributed by atoms with Gasteiger partial charge >= 0.3 is 0 Å². The second kappa shape index (κ2) is 13.0. The van der Waals surface area contributed by atoms with Gasteiger partial charge < -0.3 is 19.9 Å². The minimum absolute atomic E-state index is 0.647. The van der Waals surface area contributed by atoms with E-state index in [1.54, 1.807) is 0 Å². The van der Waals surface area contributed by atoms with Gasteiger partial charge in [0.15, 0.2) is 5.96 Å². The normalized spacial score (nSPS) is 21.3. The summed E-state index contributed by atoms with van der Waals surface area (Å²) in [4.78, 5) is 9.55. The maximum Gasteiger partial charge on any atom is 0.193 e. The number of unbranched alkanes of at least 4 members (excludes halogenated alkanes) is 1. The molecule has 2 aliphatic rings. The number of ether oxygens (including phenoxy) is 1. The van der Waals surface area contributed by atoms with Crippen LogP contribution in [-0.2, 0) is 11.2 Å². The Morgan fingerprint density at radius 2 is 1.83 bits per heavy atom. The van der Waals surface area contributed by atoms with Gasteiger partial charge in [0.1, 0.15) is 0 Å². The van der Waals surface area contributed by atoms with Crippen molar-refractivity contribution in [3.05, 3.63) is 35.9 Å². The summed E-state index contributed by atoms with van der Waals surface area (Å²) >= 11 is 0. The molecule has 0 amide bonds. The van der Waals surface area contributed by atoms with Gasteiger partial charge in [-0.25, -0.2) is 0 Å². The zero-order valence-corrected chi connectivity index (χ0v) is 19.2. The third-order valence-electron chi connectivity index (χ3n) is 6.61. The zero-order valence-electron chi connectivity index (χ0n) is 19.2. The Kier molecular flexibility index (Phi) is 9.97. The van der Waals surface area contributed by atoms with Crippen LogP contribution in [0.25, 0.3) is 0 Å². The van der Waals surface area contributed by atoms with Gasteiger partial charge in [0.25, 0.3) is 0 Å². The highest BCUT2D eigenvalue weighted by atomic mass is 16.5. The van der Waals surface area contributed by atoms with E-state index in [1.807, 2.05) is 7.05 Å². The van der Waals surface area contributed by atoms with Crippen LogP contribution >= 0.6 is 0 Å². The van der Waals surface area contributed by atoms with Crippen LogP contribution in [0.15, 0.2) is 35.3 Å². The van der Waals surface area contributed by atoms with Gasteiger partial charge in [0.2, 0.25) is 0 Å². The smallest absolute Gasteiger partial charge is 0.193 e. The molecule has 5 nitrogen and oxygen atoms in total. The lowest BCUT2D eigenvalue weighted by atomic mass is 9.90. The molecule has 30 heavy (non-hydrogen) atoms. The minimum atomic E-state index is 0.647. The summed E-state index contributed by atoms with van der Waals surface area (Å²) in [7, 11) is 1.90. The number of piperidine rings is 1. The molecule has 0 bridgehead atoms. The largest absolute Gasteiger partial charge is 0.381 e. The number of benzene rings is 1. The summed E-state index contributed by atoms with van der Waals surface area (Å²) in [5.41, 5.74) is 1.50. The summed E-state index contributed by atoms with van der Waals surface area (Å²) < 4.78 is 5.59. The Morgan fingerprint density at radius 3 is 2.57 bits per heavy atom. The molecule has 5 heteroatoms. The summed E-state index contributed by atoms with van der Waals surface area (Å²) in [6, 6.07) is 11.0. The Balaban J connectivity index is 1.24. The van der Waals surface area contributed by atoms with E-state index in [1.165, 1.54) is 63.7 Å². The number of aliphatic imine (C=N–C) groups is 1. The molecule has 0 saturated carbocycles. The number of hydrogen-bond acceptors (Lipinski definition) is 3. The van der Waals surface area contributed by atoms with Crippen LogP contribution in [0.3, 0.4) is 0 Å². The third-order valence-corrected chi connectivity index (χ3v) is 6.61. The fourth-order valence-electron chi connectivity index (χ4n) is 4.80. The molecule has 168 valence electrons. The summed E-state index contributed by atoms with van der Waals surface area (Å²) in [5.74, 6) is 2.57. The number of likely N-dealkylation sites (tertiary alicyclic amines) is 2. The highest BCUT2D eigenvalue weighted by Crippen LogP contribution is 2.22. The number of nitrogens with zero attached hydrogens (tertiary/aromatic N) is 3. The first-order valence-electron chi connectivity index (χ1n) is 12.1. The van der Waals surface area contributed by atoms with Crippen LogP contribution < -0.4 is 5.32 Å². The number of guanidine groups is 1. The molecular formula is C25H42N4O. The SMILES string of the molecule is CCOCC1CCN(C(=NC)NCCCCN2CCC(Cc3ccccc3)CC2)C1. The van der Waals surface area contributed by atoms with E-state index in [-0.39, 0.29) is 0 Å². The van der Waals surface area contributed by atoms with Crippen molar-refractivity contribution in [2.45, 2.75) is 45.4 Å². The Hall–Kier alpha value is -1.59. The average molecular weight is 415 g/mol. The monoisotopic (exact) mass is 414 g/mol. The highest BCUT2D eigenvalue weighted by molar-refractivity contribution is 5.80. The lowest BCUT2D eigenvalue weighted by Gasteiger charge is -2.32. The molecule has 2 fully saturated rings. The van der Waals surface area contributed by atoms with Crippen molar-refractivity contribution >= 4 is 5.96 Å². The average Bonchev–Trinajstić information content (AvgIpc) is 3.25. The first kappa shape index (κ1) is 23.1. The van der Waals surface area contributed by atoms with Crippen molar-refractivity contribution in [1.29, 1.82) is 0 Å². The summed E-state index contributed by atoms with van der Waals surface area (Å²) in [6.45, 7) is 10.7. The van der Waals surface area contributed by atoms with E-state index in [0.717, 1.165) is 44.7 Å². The van der Waals surface area contributed by atoms with Crippen LogP contribution in [0.5, 0.6) is 0 Å². The molecule has 0 radical (unpaired) electrons. The van der Waals surface area contributed by atoms with Gasteiger partial charge in [-0.1, -0.05) is 30.3 Å². The van der Waals surface area contributed by atoms with Crippen molar-refractivity contribution in [2.75, 3.05) is 59.5 Å². The van der Waals surface area contributed by atoms with E-state index in [9.17, 15) is 0 Å². The van der Waals surface area contributed by atoms with Crippen LogP contribution in [0.1, 0.15) is 44.6 Å². The van der Waals surface area contributed by atoms with Gasteiger partial charge in [0.05, 0.1) is 6.61 Å². The maximum absolute atomic E-state index is 5.59. The second-order valence-corrected chi connectivity index (χ2v) is 8.92. The third kappa shape index (κ3) is 7.59. The van der Waals surface area contributed by atoms with E-state index < -0.39 is 0 Å². The van der Waals surface area contributed by atoms with Crippen molar-refractivity contribution in [2.24, 2.45) is 16.8 Å². The predicted molar refractivity (Wildman–Crippen MR) is 126 cm³/mol. The predicted octanol–water partition coefficient (Wildman–Crippen LogP) is 3.66. The molecular weight excluding hydrogens is 372 g/mol. The first-order chi connectivity index (χ1) is 14.8. The molecule has 1 unspecified atom stereocenters. The van der Waals surface area contributed by atoms with Crippen molar-refractivity contribution < 1.29 is 4.74 Å². The Bertz CT molecular complexity index is 613. The van der Waals surface area contributed by atoms with Crippen molar-refractivity contribution in [1.82, 2.24) is 15.1 Å². The molecule has 1 aromatic carbocycles. The molecule has 1 N–H and O–H groups in total. The van der Waals surface area contributed by atoms with E-state index >= 15 is 0 Å². The van der Waals surface area contributed by atoms with E-state index in [2.05, 4.69) is 57.4 Å². The number of rotatable bonds is 10. The van der Waals surface area contributed by atoms with Gasteiger partial charge in [-0.05, 0) is 76.6 Å². The van der Waals surface area contributed by atoms with Gasteiger partial charge in [0, 0.05) is 39.2 Å². The molecule has 2 saturated heterocycles. The second-order valence-electron chi connectivity index (χ2n) is 8.92. The van der Waals surface area contributed by atoms with Gasteiger partial charge in [-0.15, -0.1) is 0 Å². The fourth-order valence-corrected chi connectivity index (χ4v) is 4.80. The van der Waals surface area contributed by atoms with Crippen LogP contribution in [-0.4, -0.2) is 75.3 Å². The molecule has 0 spiro atoms. The topological polar surface area (TPSA) is 40.1 Å². The molecule has 2 aliphatic heterocycles. The van der Waals surface area contributed by atoms with E-state index in [0.29, 0.717) is 5.92 Å². The number of hydrogen-bond donors (Lipinski definition) is 1. The maximum atomic E-state index is 5.59. The standard InChI is InChI=1S/C25H42N4O/c1-3-30-21-24-13-18-29(20-24)25(26-2)27-14-7-8-15-28-16-11-23(12-17-28)19-22-9-5-4-6-10-22/h4-6,9-10,23-24H,3,7-8,11-21H2,1-2H3,(H,26,27). The molecule has 3 rings (SSSR count).